The molecule has 5 rings (SSSR count). The third kappa shape index (κ3) is 2.97. The first kappa shape index (κ1) is 21.2. The Morgan fingerprint density at radius 3 is 2.65 bits per heavy atom. The second-order valence-corrected chi connectivity index (χ2v) is 10.4. The Hall–Kier alpha value is -1.66. The summed E-state index contributed by atoms with van der Waals surface area (Å²) >= 11 is 0. The van der Waals surface area contributed by atoms with Crippen LogP contribution in [0.3, 0.4) is 0 Å². The maximum atomic E-state index is 12.2. The van der Waals surface area contributed by atoms with Crippen LogP contribution < -0.4 is 0 Å². The minimum Gasteiger partial charge on any atom is -0.466 e. The van der Waals surface area contributed by atoms with Crippen LogP contribution in [0.1, 0.15) is 65.2 Å². The fraction of sp³-hybridized carbons (Fsp3) is 0.760. The van der Waals surface area contributed by atoms with Crippen molar-refractivity contribution in [3.8, 4) is 0 Å². The maximum absolute atomic E-state index is 12.2. The Morgan fingerprint density at radius 2 is 1.90 bits per heavy atom. The van der Waals surface area contributed by atoms with E-state index < -0.39 is 17.5 Å². The average molecular weight is 431 g/mol. The Morgan fingerprint density at radius 1 is 1.10 bits per heavy atom. The van der Waals surface area contributed by atoms with E-state index in [0.717, 1.165) is 44.9 Å². The van der Waals surface area contributed by atoms with E-state index in [9.17, 15) is 9.59 Å². The van der Waals surface area contributed by atoms with Gasteiger partial charge in [0.1, 0.15) is 11.4 Å². The molecule has 1 saturated heterocycles. The highest BCUT2D eigenvalue weighted by atomic mass is 16.9. The van der Waals surface area contributed by atoms with E-state index in [2.05, 4.69) is 6.92 Å². The van der Waals surface area contributed by atoms with Gasteiger partial charge in [-0.25, -0.2) is 4.79 Å². The van der Waals surface area contributed by atoms with Gasteiger partial charge in [0.2, 0.25) is 0 Å². The van der Waals surface area contributed by atoms with E-state index in [0.29, 0.717) is 41.6 Å². The molecule has 0 aromatic heterocycles. The number of allylic oxidation sites excluding steroid dienone is 1. The lowest BCUT2D eigenvalue weighted by Crippen LogP contribution is -2.54. The molecule has 0 bridgehead atoms. The van der Waals surface area contributed by atoms with Crippen molar-refractivity contribution in [2.24, 2.45) is 29.1 Å². The van der Waals surface area contributed by atoms with Crippen LogP contribution in [-0.4, -0.2) is 37.5 Å². The van der Waals surface area contributed by atoms with Gasteiger partial charge in [-0.1, -0.05) is 12.5 Å². The number of methoxy groups -OCH3 is 2. The predicted molar refractivity (Wildman–Crippen MR) is 113 cm³/mol. The summed E-state index contributed by atoms with van der Waals surface area (Å²) < 4.78 is 23.2. The summed E-state index contributed by atoms with van der Waals surface area (Å²) in [6.45, 7) is 4.10. The first-order valence-corrected chi connectivity index (χ1v) is 11.7. The van der Waals surface area contributed by atoms with Crippen LogP contribution in [-0.2, 0) is 28.5 Å². The van der Waals surface area contributed by atoms with Gasteiger partial charge in [-0.3, -0.25) is 4.79 Å². The highest BCUT2D eigenvalue weighted by Crippen LogP contribution is 2.69. The number of ketones is 1. The Labute approximate surface area is 184 Å². The molecule has 0 radical (unpaired) electrons. The summed E-state index contributed by atoms with van der Waals surface area (Å²) in [4.78, 5) is 24.1. The normalized spacial score (nSPS) is 47.4. The summed E-state index contributed by atoms with van der Waals surface area (Å²) in [5.74, 6) is 1.53. The van der Waals surface area contributed by atoms with Crippen LogP contribution in [0.4, 0.5) is 0 Å². The summed E-state index contributed by atoms with van der Waals surface area (Å²) in [6, 6.07) is 0. The van der Waals surface area contributed by atoms with Crippen molar-refractivity contribution in [3.05, 3.63) is 23.5 Å². The molecule has 170 valence electrons. The van der Waals surface area contributed by atoms with Crippen molar-refractivity contribution in [3.63, 3.8) is 0 Å². The Kier molecular flexibility index (Phi) is 4.91. The molecule has 6 heteroatoms. The molecule has 5 aliphatic rings. The molecule has 7 atom stereocenters. The molecule has 3 saturated carbocycles. The molecule has 4 fully saturated rings. The lowest BCUT2D eigenvalue weighted by molar-refractivity contribution is -0.331. The molecule has 0 aromatic carbocycles. The van der Waals surface area contributed by atoms with Crippen molar-refractivity contribution >= 4 is 11.8 Å². The summed E-state index contributed by atoms with van der Waals surface area (Å²) in [5, 5.41) is 0. The monoisotopic (exact) mass is 430 g/mol. The van der Waals surface area contributed by atoms with Crippen LogP contribution in [0.25, 0.3) is 0 Å². The van der Waals surface area contributed by atoms with Crippen molar-refractivity contribution < 1.29 is 28.5 Å². The lowest BCUT2D eigenvalue weighted by Gasteiger charge is -2.55. The van der Waals surface area contributed by atoms with Crippen LogP contribution in [0.15, 0.2) is 23.5 Å². The highest BCUT2D eigenvalue weighted by molar-refractivity contribution is 5.91. The van der Waals surface area contributed by atoms with E-state index >= 15 is 0 Å². The zero-order chi connectivity index (χ0) is 22.0. The molecule has 1 heterocycles. The van der Waals surface area contributed by atoms with Gasteiger partial charge in [0.15, 0.2) is 5.78 Å². The summed E-state index contributed by atoms with van der Waals surface area (Å²) in [7, 11) is 2.95. The van der Waals surface area contributed by atoms with E-state index in [1.54, 1.807) is 14.0 Å². The zero-order valence-electron chi connectivity index (χ0n) is 19.1. The SMILES string of the molecule is COC(=O)C=C1OC(C)(OC)OC12CCC1C3CCC4=CC(=O)CCC4C3CCC12C. The lowest BCUT2D eigenvalue weighted by atomic mass is 9.50. The average Bonchev–Trinajstić information content (AvgIpc) is 3.22. The van der Waals surface area contributed by atoms with Gasteiger partial charge in [-0.15, -0.1) is 0 Å². The number of rotatable bonds is 2. The van der Waals surface area contributed by atoms with E-state index in [4.69, 9.17) is 18.9 Å². The number of esters is 1. The van der Waals surface area contributed by atoms with Gasteiger partial charge in [0.05, 0.1) is 13.2 Å². The third-order valence-electron chi connectivity index (χ3n) is 9.29. The Bertz CT molecular complexity index is 860. The second kappa shape index (κ2) is 7.17. The molecule has 0 aromatic rings. The van der Waals surface area contributed by atoms with Gasteiger partial charge in [0.25, 0.3) is 0 Å². The maximum Gasteiger partial charge on any atom is 0.333 e. The van der Waals surface area contributed by atoms with Gasteiger partial charge in [0, 0.05) is 25.9 Å². The molecule has 4 aliphatic carbocycles. The molecular weight excluding hydrogens is 396 g/mol. The van der Waals surface area contributed by atoms with Crippen molar-refractivity contribution in [2.75, 3.05) is 14.2 Å². The van der Waals surface area contributed by atoms with E-state index in [-0.39, 0.29) is 5.41 Å². The Balaban J connectivity index is 1.50. The molecule has 1 aliphatic heterocycles. The van der Waals surface area contributed by atoms with Gasteiger partial charge >= 0.3 is 11.9 Å². The first-order chi connectivity index (χ1) is 14.7. The molecule has 0 amide bonds. The molecular formula is C25H34O6. The summed E-state index contributed by atoms with van der Waals surface area (Å²) in [5.41, 5.74) is 0.573. The highest BCUT2D eigenvalue weighted by Gasteiger charge is 2.70. The fourth-order valence-electron chi connectivity index (χ4n) is 7.82. The minimum atomic E-state index is -1.21. The fourth-order valence-corrected chi connectivity index (χ4v) is 7.82. The van der Waals surface area contributed by atoms with Gasteiger partial charge in [-0.2, -0.15) is 0 Å². The number of carbonyl (C=O) groups excluding carboxylic acids is 2. The van der Waals surface area contributed by atoms with Crippen LogP contribution in [0, 0.1) is 29.1 Å². The molecule has 6 nitrogen and oxygen atoms in total. The van der Waals surface area contributed by atoms with E-state index in [1.165, 1.54) is 18.8 Å². The molecule has 1 spiro atoms. The summed E-state index contributed by atoms with van der Waals surface area (Å²) in [6.07, 6.45) is 11.3. The number of hydrogen-bond donors (Lipinski definition) is 0. The quantitative estimate of drug-likeness (QED) is 0.481. The first-order valence-electron chi connectivity index (χ1n) is 11.7. The van der Waals surface area contributed by atoms with Gasteiger partial charge < -0.3 is 18.9 Å². The van der Waals surface area contributed by atoms with Crippen molar-refractivity contribution in [2.45, 2.75) is 76.8 Å². The zero-order valence-corrected chi connectivity index (χ0v) is 19.1. The second-order valence-electron chi connectivity index (χ2n) is 10.4. The van der Waals surface area contributed by atoms with Crippen molar-refractivity contribution in [1.29, 1.82) is 0 Å². The van der Waals surface area contributed by atoms with Crippen LogP contribution in [0.5, 0.6) is 0 Å². The topological polar surface area (TPSA) is 71.1 Å². The van der Waals surface area contributed by atoms with Crippen LogP contribution >= 0.6 is 0 Å². The minimum absolute atomic E-state index is 0.143. The number of ether oxygens (including phenoxy) is 4. The molecule has 7 unspecified atom stereocenters. The smallest absolute Gasteiger partial charge is 0.333 e. The van der Waals surface area contributed by atoms with Gasteiger partial charge in [-0.05, 0) is 74.7 Å². The molecule has 0 N–H and O–H groups in total. The number of fused-ring (bicyclic) bond motifs is 6. The van der Waals surface area contributed by atoms with E-state index in [1.807, 2.05) is 6.08 Å². The number of carbonyl (C=O) groups is 2. The van der Waals surface area contributed by atoms with Crippen LogP contribution in [0.2, 0.25) is 0 Å². The standard InChI is InChI=1S/C25H34O6/c1-23-11-9-18-17-8-6-16(26)13-15(17)5-7-19(18)20(23)10-12-25(23)21(14-22(27)28-3)30-24(2,29-4)31-25/h13-14,17-20H,5-12H2,1-4H3. The third-order valence-corrected chi connectivity index (χ3v) is 9.29. The predicted octanol–water partition coefficient (Wildman–Crippen LogP) is 4.29. The molecule has 31 heavy (non-hydrogen) atoms. The number of hydrogen-bond acceptors (Lipinski definition) is 6. The largest absolute Gasteiger partial charge is 0.466 e. The van der Waals surface area contributed by atoms with Crippen molar-refractivity contribution in [1.82, 2.24) is 0 Å².